The van der Waals surface area contributed by atoms with Crippen LogP contribution in [0.1, 0.15) is 65.7 Å². The van der Waals surface area contributed by atoms with Gasteiger partial charge in [-0.2, -0.15) is 0 Å². The molecule has 86 valence electrons. The summed E-state index contributed by atoms with van der Waals surface area (Å²) in [6.45, 7) is 6.49. The topological polar surface area (TPSA) is 20.2 Å². The first-order chi connectivity index (χ1) is 6.58. The van der Waals surface area contributed by atoms with Gasteiger partial charge in [-0.25, -0.2) is 0 Å². The number of thiol groups is 1. The van der Waals surface area contributed by atoms with E-state index in [4.69, 9.17) is 0 Å². The van der Waals surface area contributed by atoms with E-state index in [1.54, 1.807) is 0 Å². The van der Waals surface area contributed by atoms with Gasteiger partial charge in [0.25, 0.3) is 0 Å². The third kappa shape index (κ3) is 5.26. The molecule has 0 radical (unpaired) electrons. The van der Waals surface area contributed by atoms with Crippen molar-refractivity contribution >= 4 is 12.6 Å². The first-order valence-electron chi connectivity index (χ1n) is 6.03. The monoisotopic (exact) mass is 218 g/mol. The van der Waals surface area contributed by atoms with Crippen LogP contribution in [0.4, 0.5) is 0 Å². The van der Waals surface area contributed by atoms with Gasteiger partial charge in [-0.15, -0.1) is 12.6 Å². The molecule has 0 aromatic rings. The van der Waals surface area contributed by atoms with Crippen LogP contribution in [0, 0.1) is 5.92 Å². The first kappa shape index (κ1) is 14.3. The van der Waals surface area contributed by atoms with E-state index >= 15 is 0 Å². The lowest BCUT2D eigenvalue weighted by molar-refractivity contribution is 0.0554. The quantitative estimate of drug-likeness (QED) is 0.466. The molecule has 0 bridgehead atoms. The maximum Gasteiger partial charge on any atom is 0.110 e. The molecule has 0 fully saturated rings. The molecule has 0 rings (SSSR count). The summed E-state index contributed by atoms with van der Waals surface area (Å²) in [5, 5.41) is 10.2. The molecule has 0 saturated heterocycles. The van der Waals surface area contributed by atoms with Gasteiger partial charge >= 0.3 is 0 Å². The summed E-state index contributed by atoms with van der Waals surface area (Å²) in [5.41, 5.74) is 0. The predicted molar refractivity (Wildman–Crippen MR) is 66.8 cm³/mol. The number of rotatable bonds is 8. The first-order valence-corrected chi connectivity index (χ1v) is 6.47. The Morgan fingerprint density at radius 1 is 1.14 bits per heavy atom. The van der Waals surface area contributed by atoms with E-state index in [0.717, 1.165) is 32.1 Å². The van der Waals surface area contributed by atoms with E-state index in [0.29, 0.717) is 5.92 Å². The minimum atomic E-state index is -0.736. The number of hydrogen-bond acceptors (Lipinski definition) is 2. The maximum atomic E-state index is 10.2. The Labute approximate surface area is 94.7 Å². The zero-order chi connectivity index (χ0) is 11.0. The van der Waals surface area contributed by atoms with Crippen molar-refractivity contribution in [1.29, 1.82) is 0 Å². The van der Waals surface area contributed by atoms with E-state index in [9.17, 15) is 5.11 Å². The van der Waals surface area contributed by atoms with Crippen LogP contribution in [0.25, 0.3) is 0 Å². The molecule has 0 aliphatic rings. The SMILES string of the molecule is CCCCC(CC)C(O)(S)CCCC. The fraction of sp³-hybridized carbons (Fsp3) is 1.00. The lowest BCUT2D eigenvalue weighted by Gasteiger charge is -2.31. The van der Waals surface area contributed by atoms with Crippen molar-refractivity contribution in [3.8, 4) is 0 Å². The van der Waals surface area contributed by atoms with Gasteiger partial charge in [-0.1, -0.05) is 40.0 Å². The molecular weight excluding hydrogens is 192 g/mol. The molecule has 2 unspecified atom stereocenters. The highest BCUT2D eigenvalue weighted by molar-refractivity contribution is 7.81. The summed E-state index contributed by atoms with van der Waals surface area (Å²) in [4.78, 5) is -0.736. The Bertz CT molecular complexity index is 134. The summed E-state index contributed by atoms with van der Waals surface area (Å²) >= 11 is 4.42. The summed E-state index contributed by atoms with van der Waals surface area (Å²) in [6.07, 6.45) is 7.58. The van der Waals surface area contributed by atoms with Crippen molar-refractivity contribution in [2.24, 2.45) is 5.92 Å². The molecule has 0 saturated carbocycles. The zero-order valence-corrected chi connectivity index (χ0v) is 10.8. The largest absolute Gasteiger partial charge is 0.379 e. The van der Waals surface area contributed by atoms with E-state index in [-0.39, 0.29) is 0 Å². The van der Waals surface area contributed by atoms with Gasteiger partial charge in [0, 0.05) is 0 Å². The highest BCUT2D eigenvalue weighted by Crippen LogP contribution is 2.33. The molecule has 1 nitrogen and oxygen atoms in total. The van der Waals surface area contributed by atoms with Crippen molar-refractivity contribution in [3.63, 3.8) is 0 Å². The molecule has 14 heavy (non-hydrogen) atoms. The fourth-order valence-electron chi connectivity index (χ4n) is 1.85. The van der Waals surface area contributed by atoms with Crippen molar-refractivity contribution in [2.75, 3.05) is 0 Å². The standard InChI is InChI=1S/C12H26OS/c1-4-7-9-11(6-3)12(13,14)10-8-5-2/h11,13-14H,4-10H2,1-3H3. The third-order valence-electron chi connectivity index (χ3n) is 2.95. The lowest BCUT2D eigenvalue weighted by atomic mass is 9.90. The van der Waals surface area contributed by atoms with Crippen molar-refractivity contribution in [1.82, 2.24) is 0 Å². The molecule has 0 aliphatic heterocycles. The molecule has 0 spiro atoms. The van der Waals surface area contributed by atoms with E-state index in [2.05, 4.69) is 33.4 Å². The van der Waals surface area contributed by atoms with Crippen LogP contribution in [0.15, 0.2) is 0 Å². The minimum Gasteiger partial charge on any atom is -0.379 e. The van der Waals surface area contributed by atoms with Crippen LogP contribution in [0.5, 0.6) is 0 Å². The van der Waals surface area contributed by atoms with Gasteiger partial charge in [0.1, 0.15) is 4.93 Å². The normalized spacial score (nSPS) is 17.8. The second kappa shape index (κ2) is 7.58. The molecule has 1 N–H and O–H groups in total. The van der Waals surface area contributed by atoms with E-state index < -0.39 is 4.93 Å². The van der Waals surface area contributed by atoms with Gasteiger partial charge in [0.2, 0.25) is 0 Å². The Morgan fingerprint density at radius 3 is 2.14 bits per heavy atom. The molecule has 2 atom stereocenters. The second-order valence-electron chi connectivity index (χ2n) is 4.23. The summed E-state index contributed by atoms with van der Waals surface area (Å²) in [5.74, 6) is 0.359. The van der Waals surface area contributed by atoms with Crippen molar-refractivity contribution in [3.05, 3.63) is 0 Å². The number of unbranched alkanes of at least 4 members (excludes halogenated alkanes) is 2. The molecule has 0 aromatic heterocycles. The molecule has 0 amide bonds. The molecule has 0 aliphatic carbocycles. The smallest absolute Gasteiger partial charge is 0.110 e. The predicted octanol–water partition coefficient (Wildman–Crippen LogP) is 4.01. The molecule has 0 aromatic carbocycles. The van der Waals surface area contributed by atoms with Gasteiger partial charge < -0.3 is 5.11 Å². The lowest BCUT2D eigenvalue weighted by Crippen LogP contribution is -2.31. The third-order valence-corrected chi connectivity index (χ3v) is 3.54. The molecule has 0 heterocycles. The van der Waals surface area contributed by atoms with Gasteiger partial charge in [-0.05, 0) is 31.6 Å². The average Bonchev–Trinajstić information content (AvgIpc) is 2.16. The number of hydrogen-bond donors (Lipinski definition) is 2. The van der Waals surface area contributed by atoms with Gasteiger partial charge in [0.05, 0.1) is 0 Å². The van der Waals surface area contributed by atoms with Crippen LogP contribution < -0.4 is 0 Å². The minimum absolute atomic E-state index is 0.359. The van der Waals surface area contributed by atoms with Gasteiger partial charge in [-0.3, -0.25) is 0 Å². The Balaban J connectivity index is 4.03. The highest BCUT2D eigenvalue weighted by Gasteiger charge is 2.30. The Kier molecular flexibility index (Phi) is 7.75. The summed E-state index contributed by atoms with van der Waals surface area (Å²) < 4.78 is 0. The Hall–Kier alpha value is 0.310. The second-order valence-corrected chi connectivity index (χ2v) is 5.00. The Morgan fingerprint density at radius 2 is 1.71 bits per heavy atom. The van der Waals surface area contributed by atoms with Gasteiger partial charge in [0.15, 0.2) is 0 Å². The van der Waals surface area contributed by atoms with Crippen LogP contribution in [0.3, 0.4) is 0 Å². The van der Waals surface area contributed by atoms with E-state index in [1.807, 2.05) is 0 Å². The molecular formula is C12H26OS. The zero-order valence-electron chi connectivity index (χ0n) is 9.92. The van der Waals surface area contributed by atoms with E-state index in [1.165, 1.54) is 12.8 Å². The fourth-order valence-corrected chi connectivity index (χ4v) is 2.32. The van der Waals surface area contributed by atoms with Crippen molar-refractivity contribution < 1.29 is 5.11 Å². The number of aliphatic hydroxyl groups is 1. The summed E-state index contributed by atoms with van der Waals surface area (Å²) in [7, 11) is 0. The van der Waals surface area contributed by atoms with Crippen molar-refractivity contribution in [2.45, 2.75) is 70.7 Å². The highest BCUT2D eigenvalue weighted by atomic mass is 32.1. The van der Waals surface area contributed by atoms with Crippen LogP contribution in [0.2, 0.25) is 0 Å². The van der Waals surface area contributed by atoms with Crippen LogP contribution in [-0.4, -0.2) is 10.0 Å². The summed E-state index contributed by atoms with van der Waals surface area (Å²) in [6, 6.07) is 0. The maximum absolute atomic E-state index is 10.2. The average molecular weight is 218 g/mol. The van der Waals surface area contributed by atoms with Crippen LogP contribution in [-0.2, 0) is 0 Å². The van der Waals surface area contributed by atoms with Crippen LogP contribution >= 0.6 is 12.6 Å². The molecule has 2 heteroatoms.